The van der Waals surface area contributed by atoms with E-state index in [1.165, 1.54) is 0 Å². The van der Waals surface area contributed by atoms with Crippen molar-refractivity contribution in [3.63, 3.8) is 0 Å². The summed E-state index contributed by atoms with van der Waals surface area (Å²) in [4.78, 5) is 8.32. The zero-order valence-corrected chi connectivity index (χ0v) is 9.14. The molecule has 0 saturated heterocycles. The van der Waals surface area contributed by atoms with Gasteiger partial charge in [0, 0.05) is 23.8 Å². The summed E-state index contributed by atoms with van der Waals surface area (Å²) in [5.74, 6) is 0.436. The molecule has 82 valence electrons. The normalized spacial score (nSPS) is 11.7. The van der Waals surface area contributed by atoms with Gasteiger partial charge in [-0.3, -0.25) is 9.98 Å². The second-order valence-corrected chi connectivity index (χ2v) is 3.40. The van der Waals surface area contributed by atoms with Gasteiger partial charge >= 0.3 is 0 Å². The third-order valence-electron chi connectivity index (χ3n) is 2.20. The largest absolute Gasteiger partial charge is 0.370 e. The van der Waals surface area contributed by atoms with Crippen LogP contribution in [0.3, 0.4) is 0 Å². The number of nitrogens with two attached hydrogens (primary N) is 1. The topological polar surface area (TPSA) is 63.3 Å². The summed E-state index contributed by atoms with van der Waals surface area (Å²) >= 11 is 0. The number of fused-ring (bicyclic) bond motifs is 1. The Morgan fingerprint density at radius 2 is 2.31 bits per heavy atom. The van der Waals surface area contributed by atoms with Crippen molar-refractivity contribution in [2.45, 2.75) is 6.92 Å². The number of pyridine rings is 1. The van der Waals surface area contributed by atoms with E-state index in [1.54, 1.807) is 6.20 Å². The zero-order chi connectivity index (χ0) is 11.4. The van der Waals surface area contributed by atoms with Crippen LogP contribution in [0, 0.1) is 0 Å². The Bertz CT molecular complexity index is 519. The van der Waals surface area contributed by atoms with Crippen LogP contribution in [0.1, 0.15) is 6.92 Å². The minimum Gasteiger partial charge on any atom is -0.370 e. The summed E-state index contributed by atoms with van der Waals surface area (Å²) in [6.07, 6.45) is 1.78. The maximum atomic E-state index is 5.68. The van der Waals surface area contributed by atoms with Crippen molar-refractivity contribution in [2.24, 2.45) is 10.7 Å². The molecular weight excluding hydrogens is 200 g/mol. The molecule has 2 rings (SSSR count). The Labute approximate surface area is 94.2 Å². The molecule has 0 amide bonds. The molecule has 0 aliphatic rings. The standard InChI is InChI=1S/C12H14N4/c1-2-14-12(13)16-10-5-6-11-9(8-10)4-3-7-15-11/h3-8H,2H2,1H3,(H3,13,14,16). The van der Waals surface area contributed by atoms with Gasteiger partial charge in [0.05, 0.1) is 5.52 Å². The van der Waals surface area contributed by atoms with Gasteiger partial charge < -0.3 is 11.1 Å². The quantitative estimate of drug-likeness (QED) is 0.593. The number of anilines is 1. The fourth-order valence-electron chi connectivity index (χ4n) is 1.51. The first kappa shape index (κ1) is 10.4. The van der Waals surface area contributed by atoms with Gasteiger partial charge in [0.2, 0.25) is 0 Å². The molecule has 0 fully saturated rings. The van der Waals surface area contributed by atoms with Crippen LogP contribution < -0.4 is 11.1 Å². The number of aromatic nitrogens is 1. The predicted molar refractivity (Wildman–Crippen MR) is 67.5 cm³/mol. The number of hydrogen-bond donors (Lipinski definition) is 2. The van der Waals surface area contributed by atoms with Gasteiger partial charge in [-0.25, -0.2) is 0 Å². The lowest BCUT2D eigenvalue weighted by Gasteiger charge is -2.06. The molecule has 4 heteroatoms. The highest BCUT2D eigenvalue weighted by Crippen LogP contribution is 2.16. The number of nitrogens with zero attached hydrogens (tertiary/aromatic N) is 2. The average Bonchev–Trinajstić information content (AvgIpc) is 2.29. The molecule has 1 aromatic carbocycles. The van der Waals surface area contributed by atoms with Gasteiger partial charge in [0.15, 0.2) is 5.96 Å². The predicted octanol–water partition coefficient (Wildman–Crippen LogP) is 1.98. The van der Waals surface area contributed by atoms with Crippen LogP contribution in [0.4, 0.5) is 5.69 Å². The molecule has 0 saturated carbocycles. The summed E-state index contributed by atoms with van der Waals surface area (Å²) in [5.41, 5.74) is 7.58. The first-order valence-corrected chi connectivity index (χ1v) is 5.21. The maximum absolute atomic E-state index is 5.68. The number of rotatable bonds is 2. The van der Waals surface area contributed by atoms with E-state index in [2.05, 4.69) is 15.3 Å². The van der Waals surface area contributed by atoms with E-state index in [0.29, 0.717) is 12.5 Å². The molecule has 0 atom stereocenters. The van der Waals surface area contributed by atoms with Gasteiger partial charge in [-0.15, -0.1) is 0 Å². The minimum absolute atomic E-state index is 0.436. The first-order valence-electron chi connectivity index (χ1n) is 5.21. The molecule has 16 heavy (non-hydrogen) atoms. The first-order chi connectivity index (χ1) is 7.79. The minimum atomic E-state index is 0.436. The third kappa shape index (κ3) is 2.28. The number of hydrogen-bond acceptors (Lipinski definition) is 2. The lowest BCUT2D eigenvalue weighted by Crippen LogP contribution is -2.22. The van der Waals surface area contributed by atoms with Crippen molar-refractivity contribution in [2.75, 3.05) is 11.9 Å². The third-order valence-corrected chi connectivity index (χ3v) is 2.20. The molecule has 0 spiro atoms. The fourth-order valence-corrected chi connectivity index (χ4v) is 1.51. The van der Waals surface area contributed by atoms with E-state index in [9.17, 15) is 0 Å². The Kier molecular flexibility index (Phi) is 3.00. The lowest BCUT2D eigenvalue weighted by molar-refractivity contribution is 1.12. The SMILES string of the molecule is CCN=C(N)Nc1ccc2ncccc2c1. The maximum Gasteiger partial charge on any atom is 0.193 e. The highest BCUT2D eigenvalue weighted by atomic mass is 15.1. The molecule has 3 N–H and O–H groups in total. The molecule has 2 aromatic rings. The summed E-state index contributed by atoms with van der Waals surface area (Å²) in [5, 5.41) is 4.12. The van der Waals surface area contributed by atoms with Crippen molar-refractivity contribution >= 4 is 22.5 Å². The van der Waals surface area contributed by atoms with Gasteiger partial charge in [-0.2, -0.15) is 0 Å². The van der Waals surface area contributed by atoms with E-state index < -0.39 is 0 Å². The molecule has 0 aliphatic carbocycles. The summed E-state index contributed by atoms with van der Waals surface area (Å²) in [6, 6.07) is 9.82. The fraction of sp³-hybridized carbons (Fsp3) is 0.167. The van der Waals surface area contributed by atoms with E-state index in [0.717, 1.165) is 16.6 Å². The van der Waals surface area contributed by atoms with Crippen LogP contribution >= 0.6 is 0 Å². The number of nitrogens with one attached hydrogen (secondary N) is 1. The van der Waals surface area contributed by atoms with Crippen LogP contribution in [-0.4, -0.2) is 17.5 Å². The molecule has 0 radical (unpaired) electrons. The van der Waals surface area contributed by atoms with Crippen LogP contribution in [0.15, 0.2) is 41.5 Å². The van der Waals surface area contributed by atoms with Crippen LogP contribution in [0.5, 0.6) is 0 Å². The van der Waals surface area contributed by atoms with Crippen LogP contribution in [0.2, 0.25) is 0 Å². The lowest BCUT2D eigenvalue weighted by atomic mass is 10.2. The van der Waals surface area contributed by atoms with Gasteiger partial charge in [-0.1, -0.05) is 6.07 Å². The van der Waals surface area contributed by atoms with Crippen molar-refractivity contribution < 1.29 is 0 Å². The Morgan fingerprint density at radius 1 is 1.44 bits per heavy atom. The van der Waals surface area contributed by atoms with E-state index in [4.69, 9.17) is 5.73 Å². The van der Waals surface area contributed by atoms with Crippen LogP contribution in [0.25, 0.3) is 10.9 Å². The molecule has 0 aliphatic heterocycles. The highest BCUT2D eigenvalue weighted by Gasteiger charge is 1.97. The van der Waals surface area contributed by atoms with Crippen molar-refractivity contribution in [1.82, 2.24) is 4.98 Å². The Morgan fingerprint density at radius 3 is 3.12 bits per heavy atom. The second-order valence-electron chi connectivity index (χ2n) is 3.40. The van der Waals surface area contributed by atoms with Crippen molar-refractivity contribution in [3.8, 4) is 0 Å². The number of benzene rings is 1. The Balaban J connectivity index is 2.29. The van der Waals surface area contributed by atoms with Gasteiger partial charge in [0.1, 0.15) is 0 Å². The van der Waals surface area contributed by atoms with E-state index >= 15 is 0 Å². The molecule has 4 nitrogen and oxygen atoms in total. The van der Waals surface area contributed by atoms with Gasteiger partial charge in [0.25, 0.3) is 0 Å². The summed E-state index contributed by atoms with van der Waals surface area (Å²) in [6.45, 7) is 2.62. The van der Waals surface area contributed by atoms with E-state index in [-0.39, 0.29) is 0 Å². The highest BCUT2D eigenvalue weighted by molar-refractivity contribution is 5.94. The monoisotopic (exact) mass is 214 g/mol. The average molecular weight is 214 g/mol. The molecule has 1 aromatic heterocycles. The molecular formula is C12H14N4. The number of aliphatic imine (C=N–C) groups is 1. The molecule has 0 bridgehead atoms. The van der Waals surface area contributed by atoms with Crippen molar-refractivity contribution in [3.05, 3.63) is 36.5 Å². The number of guanidine groups is 1. The molecule has 1 heterocycles. The summed E-state index contributed by atoms with van der Waals surface area (Å²) < 4.78 is 0. The van der Waals surface area contributed by atoms with E-state index in [1.807, 2.05) is 37.3 Å². The Hall–Kier alpha value is -2.10. The van der Waals surface area contributed by atoms with Crippen molar-refractivity contribution in [1.29, 1.82) is 0 Å². The molecule has 0 unspecified atom stereocenters. The van der Waals surface area contributed by atoms with Crippen LogP contribution in [-0.2, 0) is 0 Å². The second kappa shape index (κ2) is 4.61. The zero-order valence-electron chi connectivity index (χ0n) is 9.14. The van der Waals surface area contributed by atoms with Gasteiger partial charge in [-0.05, 0) is 31.2 Å². The summed E-state index contributed by atoms with van der Waals surface area (Å²) in [7, 11) is 0. The smallest absolute Gasteiger partial charge is 0.193 e.